The number of hydrogen-bond donors (Lipinski definition) is 1. The van der Waals surface area contributed by atoms with Crippen molar-refractivity contribution in [2.45, 2.75) is 25.8 Å². The summed E-state index contributed by atoms with van der Waals surface area (Å²) in [5.41, 5.74) is 0.288. The summed E-state index contributed by atoms with van der Waals surface area (Å²) >= 11 is 0. The predicted octanol–water partition coefficient (Wildman–Crippen LogP) is 2.07. The number of likely N-dealkylation sites (tertiary alicyclic amines) is 1. The number of amides is 1. The molecule has 0 aliphatic carbocycles. The topological polar surface area (TPSA) is 49.8 Å². The van der Waals surface area contributed by atoms with Crippen molar-refractivity contribution in [2.24, 2.45) is 5.92 Å². The van der Waals surface area contributed by atoms with E-state index in [4.69, 9.17) is 4.74 Å². The largest absolute Gasteiger partial charge is 0.494 e. The van der Waals surface area contributed by atoms with Gasteiger partial charge in [0.05, 0.1) is 19.8 Å². The van der Waals surface area contributed by atoms with Crippen molar-refractivity contribution in [1.82, 2.24) is 4.90 Å². The second-order valence-corrected chi connectivity index (χ2v) is 5.22. The zero-order valence-electron chi connectivity index (χ0n) is 11.8. The van der Waals surface area contributed by atoms with Gasteiger partial charge in [0.2, 0.25) is 0 Å². The van der Waals surface area contributed by atoms with Gasteiger partial charge in [-0.2, -0.15) is 0 Å². The van der Waals surface area contributed by atoms with Crippen LogP contribution in [0.3, 0.4) is 0 Å². The molecule has 110 valence electrons. The number of aliphatic hydroxyl groups is 1. The minimum atomic E-state index is -0.552. The number of carbonyl (C=O) groups excluding carboxylic acids is 1. The average Bonchev–Trinajstić information content (AvgIpc) is 2.46. The number of carbonyl (C=O) groups is 1. The van der Waals surface area contributed by atoms with Gasteiger partial charge in [-0.15, -0.1) is 0 Å². The summed E-state index contributed by atoms with van der Waals surface area (Å²) in [4.78, 5) is 14.1. The monoisotopic (exact) mass is 281 g/mol. The van der Waals surface area contributed by atoms with E-state index in [0.29, 0.717) is 6.54 Å². The third-order valence-corrected chi connectivity index (χ3v) is 3.96. The molecule has 1 fully saturated rings. The van der Waals surface area contributed by atoms with Crippen molar-refractivity contribution in [1.29, 1.82) is 0 Å². The lowest BCUT2D eigenvalue weighted by molar-refractivity contribution is 0.0358. The van der Waals surface area contributed by atoms with Crippen molar-refractivity contribution in [3.63, 3.8) is 0 Å². The number of nitrogens with zero attached hydrogens (tertiary/aromatic N) is 1. The maximum atomic E-state index is 13.7. The molecule has 2 unspecified atom stereocenters. The zero-order chi connectivity index (χ0) is 14.7. The van der Waals surface area contributed by atoms with E-state index >= 15 is 0 Å². The van der Waals surface area contributed by atoms with E-state index in [1.165, 1.54) is 19.2 Å². The highest BCUT2D eigenvalue weighted by Gasteiger charge is 2.32. The maximum absolute atomic E-state index is 13.7. The van der Waals surface area contributed by atoms with Gasteiger partial charge >= 0.3 is 0 Å². The van der Waals surface area contributed by atoms with Crippen molar-refractivity contribution in [3.05, 3.63) is 29.6 Å². The first-order chi connectivity index (χ1) is 9.58. The number of ether oxygens (including phenoxy) is 1. The van der Waals surface area contributed by atoms with E-state index in [1.54, 1.807) is 11.0 Å². The molecular weight excluding hydrogens is 261 g/mol. The number of methoxy groups -OCH3 is 1. The molecule has 0 radical (unpaired) electrons. The smallest absolute Gasteiger partial charge is 0.254 e. The molecule has 1 aliphatic rings. The lowest BCUT2D eigenvalue weighted by Crippen LogP contribution is -2.49. The Kier molecular flexibility index (Phi) is 4.60. The van der Waals surface area contributed by atoms with E-state index in [2.05, 4.69) is 0 Å². The van der Waals surface area contributed by atoms with Crippen molar-refractivity contribution < 1.29 is 19.0 Å². The van der Waals surface area contributed by atoms with Crippen LogP contribution in [-0.4, -0.2) is 42.2 Å². The van der Waals surface area contributed by atoms with Crippen molar-refractivity contribution in [3.8, 4) is 5.75 Å². The Hall–Kier alpha value is -1.62. The number of hydrogen-bond acceptors (Lipinski definition) is 3. The fraction of sp³-hybridized carbons (Fsp3) is 0.533. The minimum absolute atomic E-state index is 0.0639. The molecule has 2 rings (SSSR count). The predicted molar refractivity (Wildman–Crippen MR) is 73.3 cm³/mol. The maximum Gasteiger partial charge on any atom is 0.254 e. The molecule has 0 aromatic heterocycles. The van der Waals surface area contributed by atoms with Gasteiger partial charge in [0.15, 0.2) is 11.6 Å². The number of aliphatic hydroxyl groups excluding tert-OH is 1. The molecule has 1 N–H and O–H groups in total. The fourth-order valence-electron chi connectivity index (χ4n) is 2.74. The first-order valence-electron chi connectivity index (χ1n) is 6.83. The third-order valence-electron chi connectivity index (χ3n) is 3.96. The van der Waals surface area contributed by atoms with Crippen LogP contribution in [0.1, 0.15) is 30.1 Å². The number of halogens is 1. The standard InChI is InChI=1S/C15H20FNO3/c1-10-4-3-7-17(13(10)9-18)15(19)11-5-6-14(20-2)12(16)8-11/h5-6,8,10,13,18H,3-4,7,9H2,1-2H3. The molecule has 1 saturated heterocycles. The van der Waals surface area contributed by atoms with Gasteiger partial charge in [-0.05, 0) is 37.0 Å². The molecule has 1 aliphatic heterocycles. The Labute approximate surface area is 118 Å². The van der Waals surface area contributed by atoms with Crippen molar-refractivity contribution >= 4 is 5.91 Å². The summed E-state index contributed by atoms with van der Waals surface area (Å²) in [7, 11) is 1.38. The van der Waals surface area contributed by atoms with E-state index < -0.39 is 5.82 Å². The Bertz CT molecular complexity index is 492. The molecule has 5 heteroatoms. The van der Waals surface area contributed by atoms with Gasteiger partial charge in [0.1, 0.15) is 0 Å². The molecule has 1 aromatic rings. The van der Waals surface area contributed by atoms with Crippen LogP contribution in [0.2, 0.25) is 0 Å². The zero-order valence-corrected chi connectivity index (χ0v) is 11.8. The Balaban J connectivity index is 2.23. The summed E-state index contributed by atoms with van der Waals surface area (Å²) in [6, 6.07) is 4.00. The van der Waals surface area contributed by atoms with E-state index in [-0.39, 0.29) is 35.8 Å². The first kappa shape index (κ1) is 14.8. The van der Waals surface area contributed by atoms with Gasteiger partial charge < -0.3 is 14.7 Å². The SMILES string of the molecule is COc1ccc(C(=O)N2CCCC(C)C2CO)cc1F. The average molecular weight is 281 g/mol. The van der Waals surface area contributed by atoms with Crippen LogP contribution < -0.4 is 4.74 Å². The molecule has 0 spiro atoms. The van der Waals surface area contributed by atoms with Crippen LogP contribution in [0, 0.1) is 11.7 Å². The highest BCUT2D eigenvalue weighted by molar-refractivity contribution is 5.94. The molecule has 1 amide bonds. The van der Waals surface area contributed by atoms with Crippen LogP contribution in [0.25, 0.3) is 0 Å². The van der Waals surface area contributed by atoms with Crippen LogP contribution in [0.5, 0.6) is 5.75 Å². The quantitative estimate of drug-likeness (QED) is 0.922. The molecule has 1 heterocycles. The summed E-state index contributed by atoms with van der Waals surface area (Å²) in [5.74, 6) is -0.422. The van der Waals surface area contributed by atoms with Crippen molar-refractivity contribution in [2.75, 3.05) is 20.3 Å². The summed E-state index contributed by atoms with van der Waals surface area (Å²) in [5, 5.41) is 9.48. The highest BCUT2D eigenvalue weighted by Crippen LogP contribution is 2.26. The molecule has 4 nitrogen and oxygen atoms in total. The second-order valence-electron chi connectivity index (χ2n) is 5.22. The first-order valence-corrected chi connectivity index (χ1v) is 6.83. The molecule has 0 bridgehead atoms. The highest BCUT2D eigenvalue weighted by atomic mass is 19.1. The third kappa shape index (κ3) is 2.77. The number of piperidine rings is 1. The lowest BCUT2D eigenvalue weighted by Gasteiger charge is -2.39. The van der Waals surface area contributed by atoms with Crippen LogP contribution in [-0.2, 0) is 0 Å². The van der Waals surface area contributed by atoms with Crippen LogP contribution in [0.4, 0.5) is 4.39 Å². The van der Waals surface area contributed by atoms with Gasteiger partial charge in [0.25, 0.3) is 5.91 Å². The van der Waals surface area contributed by atoms with E-state index in [1.807, 2.05) is 6.92 Å². The molecule has 1 aromatic carbocycles. The minimum Gasteiger partial charge on any atom is -0.494 e. The molecule has 0 saturated carbocycles. The van der Waals surface area contributed by atoms with Gasteiger partial charge in [-0.25, -0.2) is 4.39 Å². The normalized spacial score (nSPS) is 22.7. The van der Waals surface area contributed by atoms with E-state index in [9.17, 15) is 14.3 Å². The fourth-order valence-corrected chi connectivity index (χ4v) is 2.74. The lowest BCUT2D eigenvalue weighted by atomic mass is 9.90. The Morgan fingerprint density at radius 1 is 1.55 bits per heavy atom. The van der Waals surface area contributed by atoms with Crippen LogP contribution >= 0.6 is 0 Å². The number of benzene rings is 1. The number of rotatable bonds is 3. The molecule has 20 heavy (non-hydrogen) atoms. The Morgan fingerprint density at radius 2 is 2.30 bits per heavy atom. The van der Waals surface area contributed by atoms with E-state index in [0.717, 1.165) is 12.8 Å². The van der Waals surface area contributed by atoms with Gasteiger partial charge in [0, 0.05) is 12.1 Å². The van der Waals surface area contributed by atoms with Gasteiger partial charge in [-0.1, -0.05) is 6.92 Å². The molecule has 2 atom stereocenters. The molecular formula is C15H20FNO3. The van der Waals surface area contributed by atoms with Crippen LogP contribution in [0.15, 0.2) is 18.2 Å². The van der Waals surface area contributed by atoms with Gasteiger partial charge in [-0.3, -0.25) is 4.79 Å². The Morgan fingerprint density at radius 3 is 2.90 bits per heavy atom. The summed E-state index contributed by atoms with van der Waals surface area (Å²) in [6.45, 7) is 2.56. The summed E-state index contributed by atoms with van der Waals surface area (Å²) in [6.07, 6.45) is 1.90. The second kappa shape index (κ2) is 6.22. The summed E-state index contributed by atoms with van der Waals surface area (Å²) < 4.78 is 18.5.